The van der Waals surface area contributed by atoms with Crippen LogP contribution in [0.2, 0.25) is 10.0 Å². The van der Waals surface area contributed by atoms with Crippen LogP contribution in [-0.4, -0.2) is 15.6 Å². The van der Waals surface area contributed by atoms with Gasteiger partial charge in [0.1, 0.15) is 17.4 Å². The van der Waals surface area contributed by atoms with E-state index in [2.05, 4.69) is 31.9 Å². The molecule has 2 atom stereocenters. The molecule has 0 N–H and O–H groups in total. The lowest BCUT2D eigenvalue weighted by atomic mass is 9.77. The van der Waals surface area contributed by atoms with Gasteiger partial charge in [0.2, 0.25) is 0 Å². The Balaban J connectivity index is 1.97. The third-order valence-electron chi connectivity index (χ3n) is 6.71. The van der Waals surface area contributed by atoms with Gasteiger partial charge in [-0.2, -0.15) is 0 Å². The van der Waals surface area contributed by atoms with Gasteiger partial charge in [-0.3, -0.25) is 25.0 Å². The van der Waals surface area contributed by atoms with Crippen molar-refractivity contribution in [2.45, 2.75) is 24.7 Å². The van der Waals surface area contributed by atoms with Crippen molar-refractivity contribution in [1.29, 1.82) is 0 Å². The molecule has 0 aliphatic heterocycles. The lowest BCUT2D eigenvalue weighted by molar-refractivity contribution is -0.385. The molecule has 0 amide bonds. The molecule has 0 heterocycles. The summed E-state index contributed by atoms with van der Waals surface area (Å²) in [6, 6.07) is 15.8. The Kier molecular flexibility index (Phi) is 10.1. The van der Waals surface area contributed by atoms with Gasteiger partial charge in [-0.1, -0.05) is 67.2 Å². The number of rotatable bonds is 10. The summed E-state index contributed by atoms with van der Waals surface area (Å²) in [5, 5.41) is 23.4. The second kappa shape index (κ2) is 13.4. The average Bonchev–Trinajstić information content (AvgIpc) is 2.91. The van der Waals surface area contributed by atoms with E-state index in [4.69, 9.17) is 23.2 Å². The van der Waals surface area contributed by atoms with Crippen LogP contribution < -0.4 is 0 Å². The summed E-state index contributed by atoms with van der Waals surface area (Å²) in [5.74, 6) is -5.45. The van der Waals surface area contributed by atoms with Crippen molar-refractivity contribution in [2.75, 3.05) is 0 Å². The predicted molar refractivity (Wildman–Crippen MR) is 162 cm³/mol. The van der Waals surface area contributed by atoms with E-state index in [1.165, 1.54) is 60.7 Å². The highest BCUT2D eigenvalue weighted by atomic mass is 79.9. The zero-order valence-corrected chi connectivity index (χ0v) is 25.9. The van der Waals surface area contributed by atoms with E-state index in [9.17, 15) is 25.0 Å². The van der Waals surface area contributed by atoms with E-state index >= 15 is 8.78 Å². The molecule has 0 saturated heterocycles. The van der Waals surface area contributed by atoms with Gasteiger partial charge in [0.25, 0.3) is 11.4 Å². The van der Waals surface area contributed by atoms with Crippen LogP contribution in [0.3, 0.4) is 0 Å². The van der Waals surface area contributed by atoms with Gasteiger partial charge in [-0.05, 0) is 61.4 Å². The number of ketones is 1. The topological polar surface area (TPSA) is 103 Å². The van der Waals surface area contributed by atoms with Crippen molar-refractivity contribution >= 4 is 72.2 Å². The fourth-order valence-electron chi connectivity index (χ4n) is 4.85. The minimum atomic E-state index is -1.47. The molecule has 2 unspecified atom stereocenters. The van der Waals surface area contributed by atoms with E-state index in [-0.39, 0.29) is 43.7 Å². The van der Waals surface area contributed by atoms with Crippen LogP contribution in [0.15, 0.2) is 81.7 Å². The van der Waals surface area contributed by atoms with Crippen molar-refractivity contribution in [3.63, 3.8) is 0 Å². The highest BCUT2D eigenvalue weighted by Gasteiger charge is 2.37. The molecule has 0 radical (unpaired) electrons. The molecular formula is C29H18Br2Cl2F2N2O5. The fraction of sp³-hybridized carbons (Fsp3) is 0.138. The minimum Gasteiger partial charge on any atom is -0.298 e. The summed E-state index contributed by atoms with van der Waals surface area (Å²) < 4.78 is 31.7. The van der Waals surface area contributed by atoms with Crippen LogP contribution in [0, 0.1) is 31.9 Å². The maximum atomic E-state index is 15.4. The highest BCUT2D eigenvalue weighted by molar-refractivity contribution is 9.10. The van der Waals surface area contributed by atoms with E-state index < -0.39 is 51.9 Å². The number of carbonyl (C=O) groups is 1. The molecule has 0 bridgehead atoms. The molecule has 13 heteroatoms. The van der Waals surface area contributed by atoms with Gasteiger partial charge in [0.15, 0.2) is 0 Å². The molecule has 4 aromatic rings. The summed E-state index contributed by atoms with van der Waals surface area (Å²) in [6.07, 6.45) is -0.781. The number of hydrogen-bond acceptors (Lipinski definition) is 5. The van der Waals surface area contributed by atoms with Crippen molar-refractivity contribution in [2.24, 2.45) is 0 Å². The maximum Gasteiger partial charge on any atom is 0.272 e. The average molecular weight is 743 g/mol. The van der Waals surface area contributed by atoms with Crippen molar-refractivity contribution < 1.29 is 23.4 Å². The fourth-order valence-corrected chi connectivity index (χ4v) is 6.26. The van der Waals surface area contributed by atoms with Crippen molar-refractivity contribution in [3.05, 3.63) is 146 Å². The Morgan fingerprint density at radius 3 is 1.43 bits per heavy atom. The Hall–Kier alpha value is -3.25. The number of halogens is 6. The molecular weight excluding hydrogens is 725 g/mol. The third-order valence-corrected chi connectivity index (χ3v) is 8.35. The van der Waals surface area contributed by atoms with Crippen LogP contribution in [0.25, 0.3) is 0 Å². The van der Waals surface area contributed by atoms with Crippen molar-refractivity contribution in [1.82, 2.24) is 0 Å². The third kappa shape index (κ3) is 6.86. The van der Waals surface area contributed by atoms with Gasteiger partial charge in [-0.25, -0.2) is 8.78 Å². The Morgan fingerprint density at radius 1 is 0.714 bits per heavy atom. The first kappa shape index (κ1) is 31.7. The normalized spacial score (nSPS) is 12.5. The molecule has 7 nitrogen and oxygen atoms in total. The number of benzene rings is 4. The zero-order chi connectivity index (χ0) is 30.7. The van der Waals surface area contributed by atoms with E-state index in [0.29, 0.717) is 8.95 Å². The molecule has 0 spiro atoms. The number of hydrogen-bond donors (Lipinski definition) is 0. The van der Waals surface area contributed by atoms with Crippen LogP contribution in [0.1, 0.15) is 34.1 Å². The summed E-state index contributed by atoms with van der Waals surface area (Å²) in [5.41, 5.74) is -0.991. The number of carbonyl (C=O) groups excluding carboxylic acids is 1. The smallest absolute Gasteiger partial charge is 0.272 e. The lowest BCUT2D eigenvalue weighted by Gasteiger charge is -2.26. The zero-order valence-electron chi connectivity index (χ0n) is 21.2. The lowest BCUT2D eigenvalue weighted by Crippen LogP contribution is -2.27. The number of nitro groups is 2. The summed E-state index contributed by atoms with van der Waals surface area (Å²) in [6.45, 7) is 0. The molecule has 42 heavy (non-hydrogen) atoms. The van der Waals surface area contributed by atoms with E-state index in [0.717, 1.165) is 12.1 Å². The Morgan fingerprint density at radius 2 is 1.10 bits per heavy atom. The largest absolute Gasteiger partial charge is 0.298 e. The van der Waals surface area contributed by atoms with Gasteiger partial charge in [0.05, 0.1) is 21.7 Å². The first-order valence-electron chi connectivity index (χ1n) is 12.2. The van der Waals surface area contributed by atoms with Crippen molar-refractivity contribution in [3.8, 4) is 0 Å². The minimum absolute atomic E-state index is 0.0823. The first-order valence-corrected chi connectivity index (χ1v) is 14.5. The molecule has 0 fully saturated rings. The predicted octanol–water partition coefficient (Wildman–Crippen LogP) is 9.53. The molecule has 0 aliphatic rings. The molecule has 0 saturated carbocycles. The number of Topliss-reactive ketones (excluding diaryl/α,β-unsaturated/α-hetero) is 1. The summed E-state index contributed by atoms with van der Waals surface area (Å²) in [7, 11) is 0. The summed E-state index contributed by atoms with van der Waals surface area (Å²) >= 11 is 19.3. The monoisotopic (exact) mass is 740 g/mol. The first-order chi connectivity index (χ1) is 19.9. The van der Waals surface area contributed by atoms with Crippen LogP contribution in [0.4, 0.5) is 20.2 Å². The van der Waals surface area contributed by atoms with Gasteiger partial charge in [0, 0.05) is 53.4 Å². The second-order valence-electron chi connectivity index (χ2n) is 9.25. The molecule has 4 aromatic carbocycles. The van der Waals surface area contributed by atoms with Crippen LogP contribution >= 0.6 is 55.1 Å². The van der Waals surface area contributed by atoms with E-state index in [1.807, 2.05) is 0 Å². The molecule has 216 valence electrons. The quantitative estimate of drug-likeness (QED) is 0.119. The Labute approximate surface area is 265 Å². The second-order valence-corrected chi connectivity index (χ2v) is 11.9. The molecule has 0 aromatic heterocycles. The number of nitro benzene ring substituents is 2. The van der Waals surface area contributed by atoms with E-state index in [1.54, 1.807) is 0 Å². The number of nitrogens with zero attached hydrogens (tertiary/aromatic N) is 2. The van der Waals surface area contributed by atoms with Crippen LogP contribution in [-0.2, 0) is 17.6 Å². The maximum absolute atomic E-state index is 15.4. The summed E-state index contributed by atoms with van der Waals surface area (Å²) in [4.78, 5) is 37.0. The Bertz CT molecular complexity index is 1560. The standard InChI is InChI=1S/C29H18Br2Cl2F2N2O5/c30-17-7-9-25(36(39)40)15(11-17)13-19(27-21(32)3-1-5-23(27)34)29(38)20(28-22(33)4-2-6-24(28)35)14-16-12-18(31)8-10-26(16)37(41)42/h1-12,19-20H,13-14H2. The van der Waals surface area contributed by atoms with Gasteiger partial charge in [-0.15, -0.1) is 0 Å². The van der Waals surface area contributed by atoms with Crippen LogP contribution in [0.5, 0.6) is 0 Å². The van der Waals surface area contributed by atoms with Gasteiger partial charge >= 0.3 is 0 Å². The van der Waals surface area contributed by atoms with Gasteiger partial charge < -0.3 is 0 Å². The SMILES string of the molecule is O=C(C(Cc1cc(Br)ccc1[N+](=O)[O-])c1c(F)cccc1Cl)C(Cc1cc(Br)ccc1[N+](=O)[O-])c1c(F)cccc1Cl. The highest BCUT2D eigenvalue weighted by Crippen LogP contribution is 2.41. The molecule has 0 aliphatic carbocycles. The molecule has 4 rings (SSSR count).